The second-order valence-corrected chi connectivity index (χ2v) is 5.32. The molecule has 3 fully saturated rings. The lowest BCUT2D eigenvalue weighted by Gasteiger charge is -2.26. The molecule has 1 N–H and O–H groups in total. The van der Waals surface area contributed by atoms with Gasteiger partial charge in [-0.15, -0.1) is 0 Å². The van der Waals surface area contributed by atoms with E-state index in [1.54, 1.807) is 0 Å². The molecule has 3 saturated heterocycles. The highest BCUT2D eigenvalue weighted by atomic mass is 16.5. The average Bonchev–Trinajstić information content (AvgIpc) is 2.80. The van der Waals surface area contributed by atoms with Gasteiger partial charge in [0.2, 0.25) is 0 Å². The van der Waals surface area contributed by atoms with Crippen LogP contribution < -0.4 is 5.32 Å². The molecule has 0 radical (unpaired) electrons. The van der Waals surface area contributed by atoms with Crippen LogP contribution in [0.5, 0.6) is 0 Å². The standard InChI is InChI=1S/C12H22N2O/c1-2-12(15-7-1)9-14-6-5-10-3-4-11(8-14)13-10/h10-13H,1-9H2. The summed E-state index contributed by atoms with van der Waals surface area (Å²) in [5, 5.41) is 3.73. The van der Waals surface area contributed by atoms with Crippen molar-refractivity contribution in [2.45, 2.75) is 50.3 Å². The molecule has 0 saturated carbocycles. The summed E-state index contributed by atoms with van der Waals surface area (Å²) in [6.45, 7) is 4.68. The van der Waals surface area contributed by atoms with Crippen molar-refractivity contribution in [3.05, 3.63) is 0 Å². The largest absolute Gasteiger partial charge is 0.377 e. The molecule has 0 aromatic rings. The summed E-state index contributed by atoms with van der Waals surface area (Å²) >= 11 is 0. The first kappa shape index (κ1) is 10.1. The first-order chi connectivity index (χ1) is 7.40. The van der Waals surface area contributed by atoms with Gasteiger partial charge in [0.1, 0.15) is 0 Å². The van der Waals surface area contributed by atoms with Gasteiger partial charge < -0.3 is 10.1 Å². The molecule has 2 bridgehead atoms. The zero-order valence-corrected chi connectivity index (χ0v) is 9.45. The van der Waals surface area contributed by atoms with Crippen molar-refractivity contribution in [2.24, 2.45) is 0 Å². The molecule has 3 aliphatic heterocycles. The van der Waals surface area contributed by atoms with Crippen LogP contribution >= 0.6 is 0 Å². The lowest BCUT2D eigenvalue weighted by atomic mass is 10.1. The Balaban J connectivity index is 1.53. The number of hydrogen-bond donors (Lipinski definition) is 1. The van der Waals surface area contributed by atoms with Crippen LogP contribution in [0.4, 0.5) is 0 Å². The fourth-order valence-electron chi connectivity index (χ4n) is 3.26. The Labute approximate surface area is 92.2 Å². The van der Waals surface area contributed by atoms with Gasteiger partial charge in [0, 0.05) is 31.8 Å². The minimum absolute atomic E-state index is 0.529. The second-order valence-electron chi connectivity index (χ2n) is 5.32. The number of nitrogens with zero attached hydrogens (tertiary/aromatic N) is 1. The average molecular weight is 210 g/mol. The highest BCUT2D eigenvalue weighted by Crippen LogP contribution is 2.22. The minimum atomic E-state index is 0.529. The van der Waals surface area contributed by atoms with Crippen LogP contribution in [-0.4, -0.2) is 49.3 Å². The van der Waals surface area contributed by atoms with Crippen molar-refractivity contribution in [3.63, 3.8) is 0 Å². The zero-order chi connectivity index (χ0) is 10.1. The number of rotatable bonds is 2. The van der Waals surface area contributed by atoms with E-state index in [0.29, 0.717) is 6.10 Å². The lowest BCUT2D eigenvalue weighted by molar-refractivity contribution is 0.0716. The quantitative estimate of drug-likeness (QED) is 0.735. The Morgan fingerprint density at radius 1 is 1.13 bits per heavy atom. The molecule has 3 rings (SSSR count). The number of fused-ring (bicyclic) bond motifs is 2. The Morgan fingerprint density at radius 3 is 2.93 bits per heavy atom. The van der Waals surface area contributed by atoms with Crippen LogP contribution in [0.1, 0.15) is 32.1 Å². The summed E-state index contributed by atoms with van der Waals surface area (Å²) in [5.74, 6) is 0. The van der Waals surface area contributed by atoms with E-state index < -0.39 is 0 Å². The molecule has 15 heavy (non-hydrogen) atoms. The topological polar surface area (TPSA) is 24.5 Å². The molecule has 0 aliphatic carbocycles. The van der Waals surface area contributed by atoms with Gasteiger partial charge in [0.15, 0.2) is 0 Å². The summed E-state index contributed by atoms with van der Waals surface area (Å²) in [7, 11) is 0. The third-order valence-electron chi connectivity index (χ3n) is 4.09. The Hall–Kier alpha value is -0.120. The molecule has 0 aromatic carbocycles. The third-order valence-corrected chi connectivity index (χ3v) is 4.09. The van der Waals surface area contributed by atoms with Crippen molar-refractivity contribution in [1.29, 1.82) is 0 Å². The molecule has 3 atom stereocenters. The molecule has 3 aliphatic rings. The van der Waals surface area contributed by atoms with Gasteiger partial charge >= 0.3 is 0 Å². The molecule has 0 spiro atoms. The Kier molecular flexibility index (Phi) is 2.95. The van der Waals surface area contributed by atoms with E-state index in [9.17, 15) is 0 Å². The van der Waals surface area contributed by atoms with Crippen LogP contribution in [-0.2, 0) is 4.74 Å². The smallest absolute Gasteiger partial charge is 0.0702 e. The SMILES string of the molecule is C1COC(CN2CCC3CCC(C2)N3)C1. The number of hydrogen-bond acceptors (Lipinski definition) is 3. The number of likely N-dealkylation sites (tertiary alicyclic amines) is 1. The molecule has 0 aromatic heterocycles. The van der Waals surface area contributed by atoms with E-state index in [1.807, 2.05) is 0 Å². The maximum absolute atomic E-state index is 5.71. The highest BCUT2D eigenvalue weighted by molar-refractivity contribution is 4.90. The van der Waals surface area contributed by atoms with Crippen molar-refractivity contribution in [1.82, 2.24) is 10.2 Å². The molecular weight excluding hydrogens is 188 g/mol. The third kappa shape index (κ3) is 2.35. The predicted octanol–water partition coefficient (Wildman–Crippen LogP) is 0.992. The monoisotopic (exact) mass is 210 g/mol. The number of nitrogens with one attached hydrogen (secondary N) is 1. The highest BCUT2D eigenvalue weighted by Gasteiger charge is 2.30. The van der Waals surface area contributed by atoms with Crippen LogP contribution in [0.25, 0.3) is 0 Å². The molecule has 3 nitrogen and oxygen atoms in total. The summed E-state index contributed by atoms with van der Waals surface area (Å²) < 4.78 is 5.71. The molecule has 86 valence electrons. The first-order valence-electron chi connectivity index (χ1n) is 6.50. The maximum atomic E-state index is 5.71. The van der Waals surface area contributed by atoms with Crippen molar-refractivity contribution in [3.8, 4) is 0 Å². The van der Waals surface area contributed by atoms with E-state index in [2.05, 4.69) is 10.2 Å². The van der Waals surface area contributed by atoms with Crippen LogP contribution in [0.2, 0.25) is 0 Å². The molecule has 0 amide bonds. The molecular formula is C12H22N2O. The van der Waals surface area contributed by atoms with Gasteiger partial charge in [-0.2, -0.15) is 0 Å². The van der Waals surface area contributed by atoms with Gasteiger partial charge in [-0.3, -0.25) is 4.90 Å². The van der Waals surface area contributed by atoms with E-state index in [1.165, 1.54) is 51.7 Å². The van der Waals surface area contributed by atoms with Gasteiger partial charge in [0.05, 0.1) is 6.10 Å². The van der Waals surface area contributed by atoms with Gasteiger partial charge in [-0.05, 0) is 38.6 Å². The van der Waals surface area contributed by atoms with Crippen molar-refractivity contribution >= 4 is 0 Å². The second kappa shape index (κ2) is 4.40. The van der Waals surface area contributed by atoms with E-state index >= 15 is 0 Å². The molecule has 3 heteroatoms. The summed E-state index contributed by atoms with van der Waals surface area (Å²) in [5.41, 5.74) is 0. The van der Waals surface area contributed by atoms with Gasteiger partial charge in [-0.1, -0.05) is 0 Å². The summed E-state index contributed by atoms with van der Waals surface area (Å²) in [4.78, 5) is 2.62. The van der Waals surface area contributed by atoms with Crippen molar-refractivity contribution in [2.75, 3.05) is 26.2 Å². The van der Waals surface area contributed by atoms with E-state index in [4.69, 9.17) is 4.74 Å². The Bertz CT molecular complexity index is 216. The predicted molar refractivity (Wildman–Crippen MR) is 60.0 cm³/mol. The van der Waals surface area contributed by atoms with Crippen LogP contribution in [0, 0.1) is 0 Å². The molecule has 3 unspecified atom stereocenters. The summed E-state index contributed by atoms with van der Waals surface area (Å²) in [6, 6.07) is 1.57. The van der Waals surface area contributed by atoms with Gasteiger partial charge in [-0.25, -0.2) is 0 Å². The van der Waals surface area contributed by atoms with Crippen LogP contribution in [0.3, 0.4) is 0 Å². The fourth-order valence-corrected chi connectivity index (χ4v) is 3.26. The first-order valence-corrected chi connectivity index (χ1v) is 6.50. The zero-order valence-electron chi connectivity index (χ0n) is 9.45. The van der Waals surface area contributed by atoms with E-state index in [-0.39, 0.29) is 0 Å². The normalized spacial score (nSPS) is 42.0. The van der Waals surface area contributed by atoms with Crippen molar-refractivity contribution < 1.29 is 4.74 Å². The lowest BCUT2D eigenvalue weighted by Crippen LogP contribution is -2.39. The maximum Gasteiger partial charge on any atom is 0.0702 e. The van der Waals surface area contributed by atoms with E-state index in [0.717, 1.165) is 18.7 Å². The number of ether oxygens (including phenoxy) is 1. The summed E-state index contributed by atoms with van der Waals surface area (Å²) in [6.07, 6.45) is 7.19. The van der Waals surface area contributed by atoms with Crippen LogP contribution in [0.15, 0.2) is 0 Å². The Morgan fingerprint density at radius 2 is 2.07 bits per heavy atom. The molecule has 3 heterocycles. The minimum Gasteiger partial charge on any atom is -0.377 e. The van der Waals surface area contributed by atoms with Gasteiger partial charge in [0.25, 0.3) is 0 Å². The fraction of sp³-hybridized carbons (Fsp3) is 1.00.